The smallest absolute Gasteiger partial charge is 0.241 e. The van der Waals surface area contributed by atoms with Crippen molar-refractivity contribution in [1.82, 2.24) is 4.90 Å². The normalized spacial score (nSPS) is 28.7. The number of amides is 4. The molecule has 2 saturated heterocycles. The van der Waals surface area contributed by atoms with Crippen molar-refractivity contribution in [2.24, 2.45) is 29.1 Å². The number of aromatic hydroxyl groups is 2. The molecule has 0 radical (unpaired) electrons. The Labute approximate surface area is 270 Å². The summed E-state index contributed by atoms with van der Waals surface area (Å²) in [6, 6.07) is 15.5. The first-order chi connectivity index (χ1) is 21.9. The number of hydrogen-bond acceptors (Lipinski definition) is 6. The number of likely N-dealkylation sites (tertiary alicyclic amines) is 1. The summed E-state index contributed by atoms with van der Waals surface area (Å²) in [4.78, 5) is 58.9. The lowest BCUT2D eigenvalue weighted by Crippen LogP contribution is -2.48. The van der Waals surface area contributed by atoms with Crippen LogP contribution in [-0.2, 0) is 25.6 Å². The van der Waals surface area contributed by atoms with Crippen molar-refractivity contribution in [1.29, 1.82) is 0 Å². The van der Waals surface area contributed by atoms with Gasteiger partial charge >= 0.3 is 0 Å². The van der Waals surface area contributed by atoms with Crippen LogP contribution >= 0.6 is 11.6 Å². The molecule has 3 fully saturated rings. The van der Waals surface area contributed by atoms with Gasteiger partial charge in [0.05, 0.1) is 33.9 Å². The number of phenols is 2. The van der Waals surface area contributed by atoms with Gasteiger partial charge in [0, 0.05) is 12.5 Å². The van der Waals surface area contributed by atoms with E-state index in [0.717, 1.165) is 27.7 Å². The number of imide groups is 2. The van der Waals surface area contributed by atoms with Gasteiger partial charge in [-0.25, -0.2) is 9.29 Å². The predicted molar refractivity (Wildman–Crippen MR) is 167 cm³/mol. The molecule has 3 aromatic carbocycles. The second-order valence-electron chi connectivity index (χ2n) is 13.1. The summed E-state index contributed by atoms with van der Waals surface area (Å²) in [6.07, 6.45) is 2.92. The number of anilines is 1. The van der Waals surface area contributed by atoms with Gasteiger partial charge in [-0.3, -0.25) is 24.1 Å². The third-order valence-electron chi connectivity index (χ3n) is 10.6. The van der Waals surface area contributed by atoms with Crippen molar-refractivity contribution in [2.45, 2.75) is 39.0 Å². The molecule has 8 nitrogen and oxygen atoms in total. The van der Waals surface area contributed by atoms with E-state index in [4.69, 9.17) is 11.6 Å². The van der Waals surface area contributed by atoms with E-state index in [2.05, 4.69) is 0 Å². The van der Waals surface area contributed by atoms with E-state index < -0.39 is 52.6 Å². The van der Waals surface area contributed by atoms with Crippen molar-refractivity contribution >= 4 is 40.9 Å². The topological polar surface area (TPSA) is 115 Å². The Morgan fingerprint density at radius 2 is 1.67 bits per heavy atom. The van der Waals surface area contributed by atoms with Crippen LogP contribution < -0.4 is 4.90 Å². The molecule has 0 bridgehead atoms. The SMILES string of the molecule is Cc1cc([C@H]2C3=CC[C@@H]4C(=O)N(CCc5ccc(O)cc5)C(=O)[C@@H]4[C@@H]3C[C@H]3C(=O)N(c4ccc(F)c(Cl)c4)C(=O)[C@@]23C)ccc1O. The Bertz CT molecular complexity index is 1860. The second kappa shape index (κ2) is 10.8. The molecule has 3 aromatic rings. The van der Waals surface area contributed by atoms with Gasteiger partial charge in [0.15, 0.2) is 0 Å². The number of aryl methyl sites for hydroxylation is 1. The molecule has 0 unspecified atom stereocenters. The number of carbonyl (C=O) groups is 4. The highest BCUT2D eigenvalue weighted by Gasteiger charge is 2.67. The van der Waals surface area contributed by atoms with E-state index >= 15 is 0 Å². The highest BCUT2D eigenvalue weighted by atomic mass is 35.5. The van der Waals surface area contributed by atoms with Crippen LogP contribution in [0.15, 0.2) is 72.3 Å². The molecular weight excluding hydrogens is 611 g/mol. The van der Waals surface area contributed by atoms with Crippen LogP contribution in [0.3, 0.4) is 0 Å². The Morgan fingerprint density at radius 1 is 0.935 bits per heavy atom. The first-order valence-electron chi connectivity index (χ1n) is 15.4. The number of hydrogen-bond donors (Lipinski definition) is 2. The molecule has 2 heterocycles. The fourth-order valence-corrected chi connectivity index (χ4v) is 8.49. The monoisotopic (exact) mass is 642 g/mol. The molecule has 46 heavy (non-hydrogen) atoms. The van der Waals surface area contributed by atoms with Gasteiger partial charge in [-0.15, -0.1) is 0 Å². The van der Waals surface area contributed by atoms with Gasteiger partial charge in [0.1, 0.15) is 17.3 Å². The lowest BCUT2D eigenvalue weighted by atomic mass is 9.51. The van der Waals surface area contributed by atoms with Crippen LogP contribution in [0.2, 0.25) is 5.02 Å². The quantitative estimate of drug-likeness (QED) is 0.274. The fourth-order valence-electron chi connectivity index (χ4n) is 8.31. The van der Waals surface area contributed by atoms with E-state index in [1.807, 2.05) is 6.08 Å². The molecular formula is C36H32ClFN2O6. The van der Waals surface area contributed by atoms with E-state index in [1.165, 1.54) is 17.0 Å². The van der Waals surface area contributed by atoms with Gasteiger partial charge in [0.2, 0.25) is 23.6 Å². The Kier molecular flexibility index (Phi) is 7.08. The molecule has 4 amide bonds. The lowest BCUT2D eigenvalue weighted by Gasteiger charge is -2.49. The van der Waals surface area contributed by atoms with Crippen molar-refractivity contribution in [3.63, 3.8) is 0 Å². The summed E-state index contributed by atoms with van der Waals surface area (Å²) in [7, 11) is 0. The lowest BCUT2D eigenvalue weighted by molar-refractivity contribution is -0.140. The molecule has 2 aliphatic carbocycles. The van der Waals surface area contributed by atoms with Crippen LogP contribution in [0, 0.1) is 41.8 Å². The molecule has 2 N–H and O–H groups in total. The summed E-state index contributed by atoms with van der Waals surface area (Å²) < 4.78 is 14.1. The number of carbonyl (C=O) groups excluding carboxylic acids is 4. The van der Waals surface area contributed by atoms with E-state index in [9.17, 15) is 33.8 Å². The number of allylic oxidation sites excluding steroid dienone is 2. The molecule has 236 valence electrons. The molecule has 0 aromatic heterocycles. The van der Waals surface area contributed by atoms with Crippen LogP contribution in [0.25, 0.3) is 0 Å². The van der Waals surface area contributed by atoms with Crippen molar-refractivity contribution in [3.05, 3.63) is 99.8 Å². The van der Waals surface area contributed by atoms with Crippen LogP contribution in [0.4, 0.5) is 10.1 Å². The summed E-state index contributed by atoms with van der Waals surface area (Å²) in [5.41, 5.74) is 1.94. The predicted octanol–water partition coefficient (Wildman–Crippen LogP) is 5.67. The summed E-state index contributed by atoms with van der Waals surface area (Å²) in [5, 5.41) is 19.7. The van der Waals surface area contributed by atoms with Crippen molar-refractivity contribution in [3.8, 4) is 11.5 Å². The third kappa shape index (κ3) is 4.39. The summed E-state index contributed by atoms with van der Waals surface area (Å²) >= 11 is 6.07. The zero-order valence-corrected chi connectivity index (χ0v) is 26.0. The van der Waals surface area contributed by atoms with Gasteiger partial charge in [0.25, 0.3) is 0 Å². The number of fused-ring (bicyclic) bond motifs is 4. The van der Waals surface area contributed by atoms with Gasteiger partial charge < -0.3 is 10.2 Å². The zero-order valence-electron chi connectivity index (χ0n) is 25.2. The third-order valence-corrected chi connectivity index (χ3v) is 10.9. The van der Waals surface area contributed by atoms with E-state index in [0.29, 0.717) is 18.4 Å². The maximum absolute atomic E-state index is 14.5. The van der Waals surface area contributed by atoms with Crippen molar-refractivity contribution in [2.75, 3.05) is 11.4 Å². The van der Waals surface area contributed by atoms with E-state index in [-0.39, 0.29) is 47.0 Å². The summed E-state index contributed by atoms with van der Waals surface area (Å²) in [5.74, 6) is -5.09. The average Bonchev–Trinajstić information content (AvgIpc) is 3.39. The Morgan fingerprint density at radius 3 is 2.37 bits per heavy atom. The maximum Gasteiger partial charge on any atom is 0.241 e. The molecule has 2 aliphatic heterocycles. The number of phenolic OH excluding ortho intramolecular Hbond substituents is 2. The average molecular weight is 643 g/mol. The minimum atomic E-state index is -1.26. The van der Waals surface area contributed by atoms with E-state index in [1.54, 1.807) is 56.3 Å². The van der Waals surface area contributed by atoms with Crippen LogP contribution in [0.1, 0.15) is 42.4 Å². The van der Waals surface area contributed by atoms with Gasteiger partial charge in [-0.2, -0.15) is 0 Å². The number of rotatable bonds is 5. The molecule has 6 atom stereocenters. The van der Waals surface area contributed by atoms with Gasteiger partial charge in [-0.1, -0.05) is 47.5 Å². The van der Waals surface area contributed by atoms with Crippen LogP contribution in [0.5, 0.6) is 11.5 Å². The largest absolute Gasteiger partial charge is 0.508 e. The minimum Gasteiger partial charge on any atom is -0.508 e. The Hall–Kier alpha value is -4.50. The fraction of sp³-hybridized carbons (Fsp3) is 0.333. The number of halogens is 2. The van der Waals surface area contributed by atoms with Crippen LogP contribution in [-0.4, -0.2) is 45.3 Å². The first kappa shape index (κ1) is 30.2. The highest BCUT2D eigenvalue weighted by molar-refractivity contribution is 6.31. The molecule has 0 spiro atoms. The second-order valence-corrected chi connectivity index (χ2v) is 13.5. The maximum atomic E-state index is 14.5. The zero-order chi connectivity index (χ0) is 32.7. The molecule has 10 heteroatoms. The first-order valence-corrected chi connectivity index (χ1v) is 15.8. The molecule has 1 saturated carbocycles. The number of nitrogens with zero attached hydrogens (tertiary/aromatic N) is 2. The summed E-state index contributed by atoms with van der Waals surface area (Å²) in [6.45, 7) is 3.71. The molecule has 7 rings (SSSR count). The van der Waals surface area contributed by atoms with Gasteiger partial charge in [-0.05, 0) is 92.1 Å². The standard InChI is InChI=1S/C36H32ClFN2O6/c1-18-15-20(5-12-29(18)42)31-23-9-10-24-30(34(45)39(32(24)43)14-13-19-3-7-22(41)8-4-19)25(23)17-26-33(44)40(35(46)36(26,31)2)21-6-11-28(38)27(37)16-21/h3-9,11-12,15-16,24-26,30-31,41-42H,10,13-14,17H2,1-2H3/t24-,25+,26-,30-,31-,36+/m0/s1. The van der Waals surface area contributed by atoms with Crippen molar-refractivity contribution < 1.29 is 33.8 Å². The molecule has 4 aliphatic rings. The Balaban J connectivity index is 1.29. The number of benzene rings is 3. The highest BCUT2D eigenvalue weighted by Crippen LogP contribution is 2.63. The minimum absolute atomic E-state index is 0.0905.